The Hall–Kier alpha value is -3.80. The number of carbonyl (C=O) groups is 3. The fourth-order valence-electron chi connectivity index (χ4n) is 3.63. The fraction of sp³-hybridized carbons (Fsp3) is 0.125. The molecule has 1 N–H and O–H groups in total. The van der Waals surface area contributed by atoms with Crippen molar-refractivity contribution >= 4 is 23.4 Å². The van der Waals surface area contributed by atoms with E-state index in [2.05, 4.69) is 5.32 Å². The van der Waals surface area contributed by atoms with E-state index in [-0.39, 0.29) is 30.0 Å². The Bertz CT molecular complexity index is 1170. The van der Waals surface area contributed by atoms with E-state index in [1.54, 1.807) is 36.4 Å². The smallest absolute Gasteiger partial charge is 0.261 e. The van der Waals surface area contributed by atoms with Gasteiger partial charge in [-0.05, 0) is 59.5 Å². The number of aryl methyl sites for hydroxylation is 1. The minimum absolute atomic E-state index is 0.0173. The molecule has 1 heterocycles. The molecule has 0 aliphatic carbocycles. The maximum atomic E-state index is 13.1. The van der Waals surface area contributed by atoms with Gasteiger partial charge >= 0.3 is 0 Å². The highest BCUT2D eigenvalue weighted by Gasteiger charge is 2.35. The molecule has 0 bridgehead atoms. The standard InChI is InChI=1S/C24H19FN2O3/c1-14-11-17(22-20(12-14)23(29)27(2)24(22)30)13-21(28)26-19-9-5-16(6-10-19)15-3-7-18(25)8-4-15/h3-12H,13H2,1-2H3,(H,26,28). The minimum Gasteiger partial charge on any atom is -0.326 e. The van der Waals surface area contributed by atoms with Gasteiger partial charge in [-0.15, -0.1) is 0 Å². The van der Waals surface area contributed by atoms with Gasteiger partial charge in [-0.2, -0.15) is 0 Å². The van der Waals surface area contributed by atoms with Gasteiger partial charge in [0, 0.05) is 12.7 Å². The number of benzene rings is 3. The Kier molecular flexibility index (Phi) is 4.91. The van der Waals surface area contributed by atoms with Gasteiger partial charge in [0.1, 0.15) is 5.82 Å². The molecule has 4 rings (SSSR count). The van der Waals surface area contributed by atoms with Crippen molar-refractivity contribution in [2.45, 2.75) is 13.3 Å². The molecule has 6 heteroatoms. The molecule has 5 nitrogen and oxygen atoms in total. The summed E-state index contributed by atoms with van der Waals surface area (Å²) in [6.45, 7) is 1.83. The number of rotatable bonds is 4. The molecule has 150 valence electrons. The Morgan fingerprint density at radius 2 is 1.53 bits per heavy atom. The van der Waals surface area contributed by atoms with E-state index in [1.807, 2.05) is 19.1 Å². The third kappa shape index (κ3) is 3.59. The molecule has 0 unspecified atom stereocenters. The van der Waals surface area contributed by atoms with Crippen LogP contribution in [0.5, 0.6) is 0 Å². The predicted octanol–water partition coefficient (Wildman–Crippen LogP) is 4.21. The first kappa shape index (κ1) is 19.5. The number of hydrogen-bond acceptors (Lipinski definition) is 3. The molecule has 0 fully saturated rings. The van der Waals surface area contributed by atoms with Crippen LogP contribution >= 0.6 is 0 Å². The number of nitrogens with zero attached hydrogens (tertiary/aromatic N) is 1. The predicted molar refractivity (Wildman–Crippen MR) is 112 cm³/mol. The molecule has 3 aromatic carbocycles. The van der Waals surface area contributed by atoms with Crippen LogP contribution in [0.2, 0.25) is 0 Å². The molecule has 3 amide bonds. The van der Waals surface area contributed by atoms with Crippen molar-refractivity contribution in [1.82, 2.24) is 4.90 Å². The lowest BCUT2D eigenvalue weighted by molar-refractivity contribution is -0.115. The second-order valence-electron chi connectivity index (χ2n) is 7.33. The van der Waals surface area contributed by atoms with Crippen LogP contribution in [0.1, 0.15) is 31.8 Å². The highest BCUT2D eigenvalue weighted by atomic mass is 19.1. The highest BCUT2D eigenvalue weighted by Crippen LogP contribution is 2.27. The topological polar surface area (TPSA) is 66.5 Å². The summed E-state index contributed by atoms with van der Waals surface area (Å²) in [5, 5.41) is 2.82. The summed E-state index contributed by atoms with van der Waals surface area (Å²) in [5.41, 5.74) is 4.37. The van der Waals surface area contributed by atoms with Crippen LogP contribution in [-0.2, 0) is 11.2 Å². The lowest BCUT2D eigenvalue weighted by atomic mass is 9.97. The van der Waals surface area contributed by atoms with Crippen molar-refractivity contribution in [2.75, 3.05) is 12.4 Å². The number of fused-ring (bicyclic) bond motifs is 1. The number of imide groups is 1. The number of anilines is 1. The van der Waals surface area contributed by atoms with Crippen LogP contribution in [0.25, 0.3) is 11.1 Å². The third-order valence-electron chi connectivity index (χ3n) is 5.12. The zero-order valence-electron chi connectivity index (χ0n) is 16.5. The second kappa shape index (κ2) is 7.55. The number of amides is 3. The SMILES string of the molecule is Cc1cc(CC(=O)Nc2ccc(-c3ccc(F)cc3)cc2)c2c(c1)C(=O)N(C)C2=O. The van der Waals surface area contributed by atoms with Gasteiger partial charge in [-0.1, -0.05) is 30.3 Å². The molecule has 30 heavy (non-hydrogen) atoms. The van der Waals surface area contributed by atoms with E-state index in [9.17, 15) is 18.8 Å². The fourth-order valence-corrected chi connectivity index (χ4v) is 3.63. The molecule has 1 aliphatic heterocycles. The molecule has 1 aliphatic rings. The van der Waals surface area contributed by atoms with Gasteiger partial charge in [0.2, 0.25) is 5.91 Å². The van der Waals surface area contributed by atoms with E-state index in [1.165, 1.54) is 19.2 Å². The van der Waals surface area contributed by atoms with Gasteiger partial charge in [0.05, 0.1) is 17.5 Å². The summed E-state index contributed by atoms with van der Waals surface area (Å²) < 4.78 is 13.1. The van der Waals surface area contributed by atoms with E-state index < -0.39 is 0 Å². The third-order valence-corrected chi connectivity index (χ3v) is 5.12. The number of hydrogen-bond donors (Lipinski definition) is 1. The monoisotopic (exact) mass is 402 g/mol. The van der Waals surface area contributed by atoms with E-state index in [0.29, 0.717) is 22.4 Å². The zero-order valence-corrected chi connectivity index (χ0v) is 16.5. The summed E-state index contributed by atoms with van der Waals surface area (Å²) in [7, 11) is 1.44. The van der Waals surface area contributed by atoms with Crippen molar-refractivity contribution in [2.24, 2.45) is 0 Å². The van der Waals surface area contributed by atoms with E-state index >= 15 is 0 Å². The lowest BCUT2D eigenvalue weighted by Crippen LogP contribution is -2.24. The minimum atomic E-state index is -0.388. The summed E-state index contributed by atoms with van der Waals surface area (Å²) in [4.78, 5) is 38.3. The highest BCUT2D eigenvalue weighted by molar-refractivity contribution is 6.22. The molecular formula is C24H19FN2O3. The summed E-state index contributed by atoms with van der Waals surface area (Å²) >= 11 is 0. The molecule has 0 spiro atoms. The van der Waals surface area contributed by atoms with Crippen LogP contribution in [0.3, 0.4) is 0 Å². The van der Waals surface area contributed by atoms with Crippen LogP contribution < -0.4 is 5.32 Å². The molecule has 3 aromatic rings. The van der Waals surface area contributed by atoms with E-state index in [0.717, 1.165) is 21.6 Å². The Labute approximate surface area is 173 Å². The quantitative estimate of drug-likeness (QED) is 0.665. The summed E-state index contributed by atoms with van der Waals surface area (Å²) in [6.07, 6.45) is -0.0173. The number of carbonyl (C=O) groups excluding carboxylic acids is 3. The van der Waals surface area contributed by atoms with Crippen LogP contribution in [-0.4, -0.2) is 29.7 Å². The van der Waals surface area contributed by atoms with Gasteiger partial charge in [0.15, 0.2) is 0 Å². The average Bonchev–Trinajstić information content (AvgIpc) is 2.93. The Morgan fingerprint density at radius 3 is 2.17 bits per heavy atom. The first-order valence-corrected chi connectivity index (χ1v) is 9.45. The van der Waals surface area contributed by atoms with Crippen LogP contribution in [0.4, 0.5) is 10.1 Å². The summed E-state index contributed by atoms with van der Waals surface area (Å²) in [5.74, 6) is -1.32. The largest absolute Gasteiger partial charge is 0.326 e. The zero-order chi connectivity index (χ0) is 21.4. The molecule has 0 radical (unpaired) electrons. The average molecular weight is 402 g/mol. The van der Waals surface area contributed by atoms with Gasteiger partial charge < -0.3 is 5.32 Å². The first-order valence-electron chi connectivity index (χ1n) is 9.45. The Morgan fingerprint density at radius 1 is 0.933 bits per heavy atom. The van der Waals surface area contributed by atoms with Crippen LogP contribution in [0.15, 0.2) is 60.7 Å². The van der Waals surface area contributed by atoms with Crippen molar-refractivity contribution < 1.29 is 18.8 Å². The second-order valence-corrected chi connectivity index (χ2v) is 7.33. The summed E-state index contributed by atoms with van der Waals surface area (Å²) in [6, 6.07) is 16.8. The lowest BCUT2D eigenvalue weighted by Gasteiger charge is -2.10. The Balaban J connectivity index is 1.51. The first-order chi connectivity index (χ1) is 14.3. The van der Waals surface area contributed by atoms with E-state index in [4.69, 9.17) is 0 Å². The van der Waals surface area contributed by atoms with Crippen molar-refractivity contribution in [3.63, 3.8) is 0 Å². The maximum Gasteiger partial charge on any atom is 0.261 e. The number of nitrogens with one attached hydrogen (secondary N) is 1. The number of halogens is 1. The van der Waals surface area contributed by atoms with Gasteiger partial charge in [0.25, 0.3) is 11.8 Å². The van der Waals surface area contributed by atoms with Crippen molar-refractivity contribution in [3.05, 3.63) is 88.7 Å². The van der Waals surface area contributed by atoms with Crippen LogP contribution in [0, 0.1) is 12.7 Å². The molecule has 0 saturated carbocycles. The molecular weight excluding hydrogens is 383 g/mol. The van der Waals surface area contributed by atoms with Crippen molar-refractivity contribution in [1.29, 1.82) is 0 Å². The molecule has 0 aromatic heterocycles. The molecule has 0 saturated heterocycles. The van der Waals surface area contributed by atoms with Crippen molar-refractivity contribution in [3.8, 4) is 11.1 Å². The van der Waals surface area contributed by atoms with Gasteiger partial charge in [-0.3, -0.25) is 19.3 Å². The molecule has 0 atom stereocenters. The normalized spacial score (nSPS) is 12.8. The maximum absolute atomic E-state index is 13.1. The van der Waals surface area contributed by atoms with Gasteiger partial charge in [-0.25, -0.2) is 4.39 Å².